The summed E-state index contributed by atoms with van der Waals surface area (Å²) >= 11 is 6.09. The normalized spacial score (nSPS) is 15.7. The predicted molar refractivity (Wildman–Crippen MR) is 69.5 cm³/mol. The Morgan fingerprint density at radius 1 is 1.50 bits per heavy atom. The molecule has 0 spiro atoms. The maximum atomic E-state index is 12.4. The van der Waals surface area contributed by atoms with Crippen molar-refractivity contribution < 1.29 is 4.74 Å². The van der Waals surface area contributed by atoms with Crippen molar-refractivity contribution in [3.63, 3.8) is 0 Å². The van der Waals surface area contributed by atoms with E-state index in [0.29, 0.717) is 16.7 Å². The van der Waals surface area contributed by atoms with Crippen molar-refractivity contribution in [2.45, 2.75) is 6.04 Å². The second-order valence-electron chi connectivity index (χ2n) is 4.25. The van der Waals surface area contributed by atoms with Gasteiger partial charge in [0.1, 0.15) is 5.75 Å². The van der Waals surface area contributed by atoms with Crippen molar-refractivity contribution in [1.82, 2.24) is 14.9 Å². The van der Waals surface area contributed by atoms with Gasteiger partial charge in [-0.3, -0.25) is 9.36 Å². The maximum absolute atomic E-state index is 12.4. The first-order valence-electron chi connectivity index (χ1n) is 5.67. The molecule has 2 heterocycles. The van der Waals surface area contributed by atoms with Crippen LogP contribution < -0.4 is 15.6 Å². The first-order valence-corrected chi connectivity index (χ1v) is 6.05. The van der Waals surface area contributed by atoms with Gasteiger partial charge in [-0.2, -0.15) is 0 Å². The SMILES string of the molecule is COc1ccc2c(=O)n(C3CNC3)c(Cl)nc2c1. The van der Waals surface area contributed by atoms with Gasteiger partial charge in [0.2, 0.25) is 5.28 Å². The Labute approximate surface area is 108 Å². The second-order valence-corrected chi connectivity index (χ2v) is 4.59. The van der Waals surface area contributed by atoms with Crippen LogP contribution in [0.2, 0.25) is 5.28 Å². The Bertz CT molecular complexity index is 664. The fourth-order valence-corrected chi connectivity index (χ4v) is 2.36. The van der Waals surface area contributed by atoms with Crippen molar-refractivity contribution in [2.24, 2.45) is 0 Å². The first-order chi connectivity index (χ1) is 8.70. The zero-order valence-electron chi connectivity index (χ0n) is 9.81. The number of halogens is 1. The predicted octanol–water partition coefficient (Wildman–Crippen LogP) is 1.20. The fraction of sp³-hybridized carbons (Fsp3) is 0.333. The van der Waals surface area contributed by atoms with E-state index < -0.39 is 0 Å². The number of methoxy groups -OCH3 is 1. The van der Waals surface area contributed by atoms with Crippen molar-refractivity contribution in [2.75, 3.05) is 20.2 Å². The molecule has 1 aromatic carbocycles. The zero-order chi connectivity index (χ0) is 12.7. The molecule has 1 aliphatic heterocycles. The molecule has 5 nitrogen and oxygen atoms in total. The number of hydrogen-bond acceptors (Lipinski definition) is 4. The average Bonchev–Trinajstić information content (AvgIpc) is 2.31. The molecule has 1 aromatic heterocycles. The molecule has 0 amide bonds. The summed E-state index contributed by atoms with van der Waals surface area (Å²) in [7, 11) is 1.57. The van der Waals surface area contributed by atoms with E-state index in [2.05, 4.69) is 10.3 Å². The van der Waals surface area contributed by atoms with Crippen LogP contribution in [-0.2, 0) is 0 Å². The van der Waals surface area contributed by atoms with Gasteiger partial charge in [-0.1, -0.05) is 0 Å². The van der Waals surface area contributed by atoms with Crippen molar-refractivity contribution >= 4 is 22.5 Å². The van der Waals surface area contributed by atoms with Gasteiger partial charge in [-0.15, -0.1) is 0 Å². The smallest absolute Gasteiger partial charge is 0.262 e. The van der Waals surface area contributed by atoms with E-state index in [1.165, 1.54) is 0 Å². The van der Waals surface area contributed by atoms with Crippen LogP contribution in [0.4, 0.5) is 0 Å². The third kappa shape index (κ3) is 1.67. The van der Waals surface area contributed by atoms with Gasteiger partial charge in [0.05, 0.1) is 24.1 Å². The monoisotopic (exact) mass is 265 g/mol. The summed E-state index contributed by atoms with van der Waals surface area (Å²) in [5, 5.41) is 3.91. The van der Waals surface area contributed by atoms with E-state index in [1.807, 2.05) is 0 Å². The van der Waals surface area contributed by atoms with Crippen LogP contribution in [0.1, 0.15) is 6.04 Å². The highest BCUT2D eigenvalue weighted by Crippen LogP contribution is 2.21. The molecule has 0 bridgehead atoms. The van der Waals surface area contributed by atoms with Crippen LogP contribution >= 0.6 is 11.6 Å². The van der Waals surface area contributed by atoms with Gasteiger partial charge in [-0.05, 0) is 23.7 Å². The minimum atomic E-state index is -0.0980. The van der Waals surface area contributed by atoms with E-state index in [1.54, 1.807) is 29.9 Å². The number of ether oxygens (including phenoxy) is 1. The van der Waals surface area contributed by atoms with Gasteiger partial charge in [0.25, 0.3) is 5.56 Å². The molecule has 0 radical (unpaired) electrons. The Morgan fingerprint density at radius 2 is 2.28 bits per heavy atom. The molecule has 3 rings (SSSR count). The minimum absolute atomic E-state index is 0.0980. The van der Waals surface area contributed by atoms with Crippen molar-refractivity contribution in [3.05, 3.63) is 33.8 Å². The van der Waals surface area contributed by atoms with Gasteiger partial charge in [0.15, 0.2) is 0 Å². The lowest BCUT2D eigenvalue weighted by Crippen LogP contribution is -2.47. The van der Waals surface area contributed by atoms with E-state index >= 15 is 0 Å². The lowest BCUT2D eigenvalue weighted by Gasteiger charge is -2.29. The molecule has 94 valence electrons. The number of fused-ring (bicyclic) bond motifs is 1. The van der Waals surface area contributed by atoms with Crippen LogP contribution in [-0.4, -0.2) is 29.8 Å². The standard InChI is InChI=1S/C12H12ClN3O2/c1-18-8-2-3-9-10(4-8)15-12(13)16(11(9)17)7-5-14-6-7/h2-4,7,14H,5-6H2,1H3. The summed E-state index contributed by atoms with van der Waals surface area (Å²) in [5.41, 5.74) is 0.465. The second kappa shape index (κ2) is 4.26. The minimum Gasteiger partial charge on any atom is -0.497 e. The summed E-state index contributed by atoms with van der Waals surface area (Å²) in [4.78, 5) is 16.6. The van der Waals surface area contributed by atoms with E-state index in [4.69, 9.17) is 16.3 Å². The number of benzene rings is 1. The maximum Gasteiger partial charge on any atom is 0.262 e. The van der Waals surface area contributed by atoms with Gasteiger partial charge in [0, 0.05) is 19.2 Å². The summed E-state index contributed by atoms with van der Waals surface area (Å²) in [6.45, 7) is 1.51. The molecule has 1 aliphatic rings. The Kier molecular flexibility index (Phi) is 2.72. The Hall–Kier alpha value is -1.59. The van der Waals surface area contributed by atoms with Crippen molar-refractivity contribution in [3.8, 4) is 5.75 Å². The van der Waals surface area contributed by atoms with E-state index in [-0.39, 0.29) is 16.9 Å². The zero-order valence-corrected chi connectivity index (χ0v) is 10.6. The lowest BCUT2D eigenvalue weighted by molar-refractivity contribution is 0.335. The summed E-state index contributed by atoms with van der Waals surface area (Å²) < 4.78 is 6.66. The molecule has 0 saturated carbocycles. The van der Waals surface area contributed by atoms with Crippen LogP contribution in [0.15, 0.2) is 23.0 Å². The van der Waals surface area contributed by atoms with E-state index in [0.717, 1.165) is 13.1 Å². The summed E-state index contributed by atoms with van der Waals surface area (Å²) in [6, 6.07) is 5.29. The molecular formula is C12H12ClN3O2. The van der Waals surface area contributed by atoms with Crippen LogP contribution in [0.25, 0.3) is 10.9 Å². The summed E-state index contributed by atoms with van der Waals surface area (Å²) in [5.74, 6) is 0.661. The van der Waals surface area contributed by atoms with Crippen LogP contribution in [0.3, 0.4) is 0 Å². The van der Waals surface area contributed by atoms with Crippen molar-refractivity contribution in [1.29, 1.82) is 0 Å². The number of hydrogen-bond donors (Lipinski definition) is 1. The molecule has 1 fully saturated rings. The quantitative estimate of drug-likeness (QED) is 0.829. The average molecular weight is 266 g/mol. The molecule has 1 N–H and O–H groups in total. The Balaban J connectivity index is 2.25. The molecule has 2 aromatic rings. The Morgan fingerprint density at radius 3 is 2.89 bits per heavy atom. The molecule has 18 heavy (non-hydrogen) atoms. The highest BCUT2D eigenvalue weighted by atomic mass is 35.5. The van der Waals surface area contributed by atoms with Gasteiger partial charge < -0.3 is 10.1 Å². The third-order valence-corrected chi connectivity index (χ3v) is 3.46. The highest BCUT2D eigenvalue weighted by Gasteiger charge is 2.23. The van der Waals surface area contributed by atoms with Gasteiger partial charge >= 0.3 is 0 Å². The van der Waals surface area contributed by atoms with Crippen LogP contribution in [0, 0.1) is 0 Å². The van der Waals surface area contributed by atoms with Crippen LogP contribution in [0.5, 0.6) is 5.75 Å². The number of rotatable bonds is 2. The highest BCUT2D eigenvalue weighted by molar-refractivity contribution is 6.28. The molecular weight excluding hydrogens is 254 g/mol. The molecule has 0 atom stereocenters. The number of nitrogens with one attached hydrogen (secondary N) is 1. The number of nitrogens with zero attached hydrogens (tertiary/aromatic N) is 2. The molecule has 0 aliphatic carbocycles. The largest absolute Gasteiger partial charge is 0.497 e. The fourth-order valence-electron chi connectivity index (χ4n) is 2.05. The molecule has 6 heteroatoms. The molecule has 1 saturated heterocycles. The van der Waals surface area contributed by atoms with E-state index in [9.17, 15) is 4.79 Å². The third-order valence-electron chi connectivity index (χ3n) is 3.19. The number of aromatic nitrogens is 2. The summed E-state index contributed by atoms with van der Waals surface area (Å²) in [6.07, 6.45) is 0. The van der Waals surface area contributed by atoms with Gasteiger partial charge in [-0.25, -0.2) is 4.98 Å². The molecule has 0 unspecified atom stereocenters. The lowest BCUT2D eigenvalue weighted by atomic mass is 10.1. The topological polar surface area (TPSA) is 56.1 Å². The first kappa shape index (κ1) is 11.5.